The van der Waals surface area contributed by atoms with Gasteiger partial charge in [-0.15, -0.1) is 0 Å². The van der Waals surface area contributed by atoms with E-state index in [1.807, 2.05) is 12.1 Å². The van der Waals surface area contributed by atoms with Crippen LogP contribution in [0.25, 0.3) is 0 Å². The highest BCUT2D eigenvalue weighted by atomic mass is 79.9. The second-order valence-corrected chi connectivity index (χ2v) is 5.93. The summed E-state index contributed by atoms with van der Waals surface area (Å²) >= 11 is 7.03. The lowest BCUT2D eigenvalue weighted by molar-refractivity contribution is 0.456. The normalized spacial score (nSPS) is 18.4. The summed E-state index contributed by atoms with van der Waals surface area (Å²) in [5, 5.41) is 7.37. The Bertz CT molecular complexity index is 426. The average molecular weight is 361 g/mol. The molecule has 3 N–H and O–H groups in total. The van der Waals surface area contributed by atoms with Gasteiger partial charge in [-0.25, -0.2) is 0 Å². The van der Waals surface area contributed by atoms with Gasteiger partial charge in [-0.1, -0.05) is 37.9 Å². The van der Waals surface area contributed by atoms with Crippen LogP contribution in [0.3, 0.4) is 0 Å². The molecule has 5 heteroatoms. The van der Waals surface area contributed by atoms with Crippen molar-refractivity contribution in [3.63, 3.8) is 0 Å². The first kappa shape index (κ1) is 13.1. The van der Waals surface area contributed by atoms with Crippen molar-refractivity contribution in [2.75, 3.05) is 13.1 Å². The van der Waals surface area contributed by atoms with Gasteiger partial charge in [-0.2, -0.15) is 5.10 Å². The zero-order chi connectivity index (χ0) is 12.3. The van der Waals surface area contributed by atoms with Crippen LogP contribution in [0.2, 0.25) is 0 Å². The second kappa shape index (κ2) is 5.98. The number of piperidine rings is 1. The van der Waals surface area contributed by atoms with Gasteiger partial charge in [0.2, 0.25) is 0 Å². The summed E-state index contributed by atoms with van der Waals surface area (Å²) in [7, 11) is 0. The third-order valence-corrected chi connectivity index (χ3v) is 4.22. The lowest BCUT2D eigenvalue weighted by atomic mass is 9.89. The van der Waals surface area contributed by atoms with E-state index in [1.54, 1.807) is 0 Å². The van der Waals surface area contributed by atoms with Crippen LogP contribution >= 0.6 is 31.9 Å². The largest absolute Gasteiger partial charge is 0.323 e. The second-order valence-electron chi connectivity index (χ2n) is 4.16. The molecule has 0 aromatic heterocycles. The molecule has 1 fully saturated rings. The van der Waals surface area contributed by atoms with Crippen LogP contribution in [-0.4, -0.2) is 18.8 Å². The van der Waals surface area contributed by atoms with Gasteiger partial charge in [0.05, 0.1) is 5.71 Å². The first-order valence-electron chi connectivity index (χ1n) is 5.66. The standard InChI is InChI=1S/C12H15Br2N3/c13-9-1-2-10(11(14)7-9)12(17-15)8-3-5-16-6-4-8/h1-2,7-8,16H,3-6,15H2/b17-12+. The first-order valence-corrected chi connectivity index (χ1v) is 7.25. The highest BCUT2D eigenvalue weighted by Crippen LogP contribution is 2.27. The summed E-state index contributed by atoms with van der Waals surface area (Å²) in [6.45, 7) is 2.08. The molecule has 3 nitrogen and oxygen atoms in total. The SMILES string of the molecule is N/N=C(/c1ccc(Br)cc1Br)C1CCNCC1. The molecule has 1 heterocycles. The maximum atomic E-state index is 5.58. The Kier molecular flexibility index (Phi) is 4.59. The third kappa shape index (κ3) is 3.09. The van der Waals surface area contributed by atoms with E-state index in [9.17, 15) is 0 Å². The topological polar surface area (TPSA) is 50.4 Å². The monoisotopic (exact) mass is 359 g/mol. The number of hydrogen-bond acceptors (Lipinski definition) is 3. The van der Waals surface area contributed by atoms with Gasteiger partial charge in [0, 0.05) is 20.4 Å². The zero-order valence-corrected chi connectivity index (χ0v) is 12.6. The van der Waals surface area contributed by atoms with E-state index in [4.69, 9.17) is 5.84 Å². The third-order valence-electron chi connectivity index (χ3n) is 3.07. The number of nitrogens with one attached hydrogen (secondary N) is 1. The van der Waals surface area contributed by atoms with Crippen LogP contribution in [-0.2, 0) is 0 Å². The van der Waals surface area contributed by atoms with Gasteiger partial charge >= 0.3 is 0 Å². The fourth-order valence-corrected chi connectivity index (χ4v) is 3.44. The molecule has 0 bridgehead atoms. The molecule has 1 aliphatic heterocycles. The lowest BCUT2D eigenvalue weighted by Gasteiger charge is -2.24. The van der Waals surface area contributed by atoms with E-state index in [1.165, 1.54) is 0 Å². The Morgan fingerprint density at radius 2 is 2.00 bits per heavy atom. The smallest absolute Gasteiger partial charge is 0.0715 e. The predicted molar refractivity (Wildman–Crippen MR) is 78.2 cm³/mol. The van der Waals surface area contributed by atoms with Gasteiger partial charge < -0.3 is 11.2 Å². The molecule has 1 saturated heterocycles. The van der Waals surface area contributed by atoms with Crippen molar-refractivity contribution in [1.82, 2.24) is 5.32 Å². The average Bonchev–Trinajstić information content (AvgIpc) is 2.34. The fourth-order valence-electron chi connectivity index (χ4n) is 2.19. The van der Waals surface area contributed by atoms with Gasteiger partial charge in [-0.3, -0.25) is 0 Å². The fraction of sp³-hybridized carbons (Fsp3) is 0.417. The summed E-state index contributed by atoms with van der Waals surface area (Å²) in [4.78, 5) is 0. The molecular formula is C12H15Br2N3. The van der Waals surface area contributed by atoms with Crippen molar-refractivity contribution in [2.45, 2.75) is 12.8 Å². The van der Waals surface area contributed by atoms with Crippen LogP contribution in [0.5, 0.6) is 0 Å². The summed E-state index contributed by atoms with van der Waals surface area (Å²) < 4.78 is 2.09. The molecule has 0 amide bonds. The van der Waals surface area contributed by atoms with E-state index in [0.29, 0.717) is 5.92 Å². The molecule has 2 rings (SSSR count). The van der Waals surface area contributed by atoms with Crippen LogP contribution in [0.4, 0.5) is 0 Å². The molecule has 1 aliphatic rings. The maximum Gasteiger partial charge on any atom is 0.0715 e. The predicted octanol–water partition coefficient (Wildman–Crippen LogP) is 2.87. The Hall–Kier alpha value is -0.390. The molecule has 1 aromatic rings. The molecule has 17 heavy (non-hydrogen) atoms. The molecular weight excluding hydrogens is 346 g/mol. The van der Waals surface area contributed by atoms with Crippen molar-refractivity contribution >= 4 is 37.6 Å². The quantitative estimate of drug-likeness (QED) is 0.484. The molecule has 0 radical (unpaired) electrons. The Balaban J connectivity index is 2.28. The number of nitrogens with zero attached hydrogens (tertiary/aromatic N) is 1. The number of hydrazone groups is 1. The first-order chi connectivity index (χ1) is 8.22. The van der Waals surface area contributed by atoms with E-state index >= 15 is 0 Å². The van der Waals surface area contributed by atoms with Crippen LogP contribution < -0.4 is 11.2 Å². The van der Waals surface area contributed by atoms with E-state index < -0.39 is 0 Å². The summed E-state index contributed by atoms with van der Waals surface area (Å²) in [6.07, 6.45) is 2.19. The lowest BCUT2D eigenvalue weighted by Crippen LogP contribution is -2.32. The van der Waals surface area contributed by atoms with Crippen molar-refractivity contribution in [2.24, 2.45) is 16.9 Å². The molecule has 0 saturated carbocycles. The summed E-state index contributed by atoms with van der Waals surface area (Å²) in [5.41, 5.74) is 2.11. The number of hydrogen-bond donors (Lipinski definition) is 2. The van der Waals surface area contributed by atoms with Gasteiger partial charge in [0.25, 0.3) is 0 Å². The Morgan fingerprint density at radius 3 is 2.59 bits per heavy atom. The van der Waals surface area contributed by atoms with Crippen LogP contribution in [0.15, 0.2) is 32.2 Å². The van der Waals surface area contributed by atoms with Crippen LogP contribution in [0.1, 0.15) is 18.4 Å². The minimum atomic E-state index is 0.457. The minimum Gasteiger partial charge on any atom is -0.323 e. The van der Waals surface area contributed by atoms with E-state index in [2.05, 4.69) is 48.3 Å². The van der Waals surface area contributed by atoms with Crippen molar-refractivity contribution < 1.29 is 0 Å². The highest BCUT2D eigenvalue weighted by molar-refractivity contribution is 9.11. The molecule has 0 unspecified atom stereocenters. The number of halogens is 2. The van der Waals surface area contributed by atoms with Crippen molar-refractivity contribution in [1.29, 1.82) is 0 Å². The molecule has 0 aliphatic carbocycles. The zero-order valence-electron chi connectivity index (χ0n) is 9.42. The van der Waals surface area contributed by atoms with Crippen molar-refractivity contribution in [3.8, 4) is 0 Å². The number of benzene rings is 1. The van der Waals surface area contributed by atoms with Crippen molar-refractivity contribution in [3.05, 3.63) is 32.7 Å². The number of rotatable bonds is 2. The Morgan fingerprint density at radius 1 is 1.29 bits per heavy atom. The highest BCUT2D eigenvalue weighted by Gasteiger charge is 2.21. The molecule has 0 spiro atoms. The van der Waals surface area contributed by atoms with Gasteiger partial charge in [0.1, 0.15) is 0 Å². The van der Waals surface area contributed by atoms with E-state index in [-0.39, 0.29) is 0 Å². The molecule has 92 valence electrons. The maximum absolute atomic E-state index is 5.58. The minimum absolute atomic E-state index is 0.457. The summed E-state index contributed by atoms with van der Waals surface area (Å²) in [5.74, 6) is 6.03. The van der Waals surface area contributed by atoms with Gasteiger partial charge in [-0.05, 0) is 38.1 Å². The van der Waals surface area contributed by atoms with Crippen LogP contribution in [0, 0.1) is 5.92 Å². The molecule has 0 atom stereocenters. The van der Waals surface area contributed by atoms with Gasteiger partial charge in [0.15, 0.2) is 0 Å². The summed E-state index contributed by atoms with van der Waals surface area (Å²) in [6, 6.07) is 6.11. The Labute approximate surface area is 118 Å². The van der Waals surface area contributed by atoms with E-state index in [0.717, 1.165) is 46.2 Å². The number of nitrogens with two attached hydrogens (primary N) is 1. The molecule has 1 aromatic carbocycles.